The second kappa shape index (κ2) is 17.3. The van der Waals surface area contributed by atoms with E-state index in [0.717, 1.165) is 23.1 Å². The molecule has 20 heteroatoms. The number of nitrogens with one attached hydrogen (secondary N) is 2. The summed E-state index contributed by atoms with van der Waals surface area (Å²) >= 11 is 1.91. The molecule has 4 atom stereocenters. The Hall–Kier alpha value is -5.73. The molecule has 0 radical (unpaired) electrons. The van der Waals surface area contributed by atoms with E-state index in [0.29, 0.717) is 11.1 Å². The van der Waals surface area contributed by atoms with Gasteiger partial charge in [-0.2, -0.15) is 0 Å². The molecule has 3 aliphatic heterocycles. The van der Waals surface area contributed by atoms with Crippen molar-refractivity contribution in [1.82, 2.24) is 20.1 Å². The van der Waals surface area contributed by atoms with Gasteiger partial charge < -0.3 is 39.7 Å². The first-order valence-corrected chi connectivity index (χ1v) is 21.1. The molecule has 3 aliphatic rings. The number of oxime groups is 1. The fourth-order valence-corrected chi connectivity index (χ4v) is 8.70. The molecule has 1 unspecified atom stereocenters. The number of carbonyl (C=O) groups is 6. The number of ether oxygens (including phenoxy) is 4. The van der Waals surface area contributed by atoms with Gasteiger partial charge in [0.15, 0.2) is 16.9 Å². The highest BCUT2D eigenvalue weighted by atomic mass is 32.2. The zero-order valence-electron chi connectivity index (χ0n) is 35.0. The third kappa shape index (κ3) is 10.1. The van der Waals surface area contributed by atoms with Gasteiger partial charge >= 0.3 is 24.1 Å². The SMILES string of the molecule is CC(C)(C)OC(=O)Nc1nc(/C(=N/OC(C)(C)C(=O)OC(C)(C)C)C(=O)N[C@@H]2C(=O)N3C[C@@](C(=O)OC(c4ccccc4)c4ccccc4)(N4CC(CN)OC4=O)S[C@H]23)cs1. The van der Waals surface area contributed by atoms with Crippen LogP contribution in [0.4, 0.5) is 14.7 Å². The first-order chi connectivity index (χ1) is 28.6. The molecule has 4 heterocycles. The highest BCUT2D eigenvalue weighted by Gasteiger charge is 2.67. The number of hydrogen-bond donors (Lipinski definition) is 3. The number of nitrogens with zero attached hydrogens (tertiary/aromatic N) is 4. The third-order valence-corrected chi connectivity index (χ3v) is 11.7. The molecule has 4 amide bonds. The number of amides is 4. The molecule has 3 saturated heterocycles. The number of cyclic esters (lactones) is 1. The predicted molar refractivity (Wildman–Crippen MR) is 224 cm³/mol. The van der Waals surface area contributed by atoms with Crippen molar-refractivity contribution in [2.24, 2.45) is 10.9 Å². The van der Waals surface area contributed by atoms with Crippen molar-refractivity contribution in [3.8, 4) is 0 Å². The van der Waals surface area contributed by atoms with Crippen LogP contribution in [0.2, 0.25) is 0 Å². The number of hydrogen-bond acceptors (Lipinski definition) is 16. The van der Waals surface area contributed by atoms with Gasteiger partial charge in [-0.3, -0.25) is 19.8 Å². The fourth-order valence-electron chi connectivity index (χ4n) is 6.36. The maximum absolute atomic E-state index is 14.7. The number of carbonyl (C=O) groups excluding carboxylic acids is 6. The minimum atomic E-state index is -1.81. The van der Waals surface area contributed by atoms with Gasteiger partial charge in [0.05, 0.1) is 13.1 Å². The minimum absolute atomic E-state index is 0.0139. The van der Waals surface area contributed by atoms with Crippen LogP contribution in [0.25, 0.3) is 0 Å². The van der Waals surface area contributed by atoms with E-state index in [4.69, 9.17) is 29.5 Å². The van der Waals surface area contributed by atoms with Crippen molar-refractivity contribution in [2.75, 3.05) is 25.0 Å². The molecule has 4 N–H and O–H groups in total. The maximum Gasteiger partial charge on any atom is 0.413 e. The van der Waals surface area contributed by atoms with Gasteiger partial charge in [0.25, 0.3) is 5.91 Å². The smallest absolute Gasteiger partial charge is 0.413 e. The van der Waals surface area contributed by atoms with E-state index in [1.165, 1.54) is 29.0 Å². The third-order valence-electron chi connectivity index (χ3n) is 9.28. The lowest BCUT2D eigenvalue weighted by atomic mass is 10.0. The number of β-lactam (4-membered cyclic amide) rings is 1. The van der Waals surface area contributed by atoms with Crippen LogP contribution in [-0.4, -0.2) is 115 Å². The summed E-state index contributed by atoms with van der Waals surface area (Å²) in [5.74, 6) is -3.09. The van der Waals surface area contributed by atoms with E-state index in [1.54, 1.807) is 41.5 Å². The van der Waals surface area contributed by atoms with Crippen molar-refractivity contribution in [3.05, 3.63) is 82.9 Å². The van der Waals surface area contributed by atoms with Crippen LogP contribution in [0, 0.1) is 0 Å². The van der Waals surface area contributed by atoms with E-state index in [1.807, 2.05) is 60.7 Å². The summed E-state index contributed by atoms with van der Waals surface area (Å²) in [7, 11) is 0. The number of anilines is 1. The van der Waals surface area contributed by atoms with Crippen molar-refractivity contribution < 1.29 is 52.6 Å². The topological polar surface area (TPSA) is 230 Å². The van der Waals surface area contributed by atoms with E-state index >= 15 is 0 Å². The fraction of sp³-hybridized carbons (Fsp3) is 0.463. The highest BCUT2D eigenvalue weighted by molar-refractivity contribution is 8.02. The van der Waals surface area contributed by atoms with Crippen LogP contribution in [0.1, 0.15) is 78.3 Å². The summed E-state index contributed by atoms with van der Waals surface area (Å²) in [4.78, 5) is 92.5. The number of esters is 2. The first kappa shape index (κ1) is 44.8. The second-order valence-corrected chi connectivity index (χ2v) is 19.1. The Bertz CT molecular complexity index is 2150. The van der Waals surface area contributed by atoms with Gasteiger partial charge in [0, 0.05) is 11.9 Å². The van der Waals surface area contributed by atoms with Crippen LogP contribution in [0.3, 0.4) is 0 Å². The molecule has 0 saturated carbocycles. The van der Waals surface area contributed by atoms with Crippen molar-refractivity contribution in [2.45, 2.75) is 101 Å². The molecule has 0 aliphatic carbocycles. The zero-order valence-corrected chi connectivity index (χ0v) is 36.6. The predicted octanol–water partition coefficient (Wildman–Crippen LogP) is 4.54. The van der Waals surface area contributed by atoms with Crippen molar-refractivity contribution in [1.29, 1.82) is 0 Å². The quantitative estimate of drug-likeness (QED) is 0.0704. The van der Waals surface area contributed by atoms with Gasteiger partial charge in [-0.05, 0) is 66.5 Å². The van der Waals surface area contributed by atoms with Crippen molar-refractivity contribution >= 4 is 69.9 Å². The van der Waals surface area contributed by atoms with Gasteiger partial charge in [-0.25, -0.2) is 24.2 Å². The monoisotopic (exact) mass is 879 g/mol. The Kier molecular flexibility index (Phi) is 12.7. The average Bonchev–Trinajstić information content (AvgIpc) is 3.91. The Labute approximate surface area is 360 Å². The molecule has 0 spiro atoms. The number of fused-ring (bicyclic) bond motifs is 1. The molecule has 1 aromatic heterocycles. The van der Waals surface area contributed by atoms with Gasteiger partial charge in [-0.1, -0.05) is 77.6 Å². The molecule has 0 bridgehead atoms. The lowest BCUT2D eigenvalue weighted by molar-refractivity contribution is -0.179. The summed E-state index contributed by atoms with van der Waals surface area (Å²) in [5, 5.41) is 9.82. The summed E-state index contributed by atoms with van der Waals surface area (Å²) in [5.41, 5.74) is 3.33. The van der Waals surface area contributed by atoms with Crippen LogP contribution in [-0.2, 0) is 43.0 Å². The maximum atomic E-state index is 14.7. The molecule has 6 rings (SSSR count). The Morgan fingerprint density at radius 2 is 1.56 bits per heavy atom. The molecule has 2 aromatic carbocycles. The first-order valence-electron chi connectivity index (χ1n) is 19.3. The number of thioether (sulfide) groups is 1. The van der Waals surface area contributed by atoms with E-state index < -0.39 is 86.9 Å². The summed E-state index contributed by atoms with van der Waals surface area (Å²) in [6.07, 6.45) is -3.22. The molecular weight excluding hydrogens is 831 g/mol. The van der Waals surface area contributed by atoms with Crippen molar-refractivity contribution in [3.63, 3.8) is 0 Å². The van der Waals surface area contributed by atoms with Gasteiger partial charge in [-0.15, -0.1) is 11.3 Å². The zero-order chi connectivity index (χ0) is 44.5. The second-order valence-electron chi connectivity index (χ2n) is 16.9. The van der Waals surface area contributed by atoms with E-state index in [9.17, 15) is 28.8 Å². The minimum Gasteiger partial charge on any atom is -0.457 e. The van der Waals surface area contributed by atoms with Crippen LogP contribution in [0.5, 0.6) is 0 Å². The molecular formula is C41H49N7O11S2. The summed E-state index contributed by atoms with van der Waals surface area (Å²) in [6.45, 7) is 12.6. The van der Waals surface area contributed by atoms with Crippen LogP contribution >= 0.6 is 23.1 Å². The number of thiazole rings is 1. The Morgan fingerprint density at radius 3 is 2.11 bits per heavy atom. The van der Waals surface area contributed by atoms with E-state index in [-0.39, 0.29) is 30.5 Å². The van der Waals surface area contributed by atoms with E-state index in [2.05, 4.69) is 20.8 Å². The largest absolute Gasteiger partial charge is 0.457 e. The van der Waals surface area contributed by atoms with Gasteiger partial charge in [0.2, 0.25) is 16.4 Å². The van der Waals surface area contributed by atoms with Gasteiger partial charge in [0.1, 0.15) is 34.4 Å². The number of aromatic nitrogens is 1. The summed E-state index contributed by atoms with van der Waals surface area (Å²) in [6, 6.07) is 16.9. The summed E-state index contributed by atoms with van der Waals surface area (Å²) < 4.78 is 22.6. The highest BCUT2D eigenvalue weighted by Crippen LogP contribution is 2.51. The normalized spacial score (nSPS) is 21.6. The number of rotatable bonds is 13. The lowest BCUT2D eigenvalue weighted by Gasteiger charge is -2.41. The number of nitrogens with two attached hydrogens (primary N) is 1. The average molecular weight is 880 g/mol. The molecule has 326 valence electrons. The molecule has 3 fully saturated rings. The lowest BCUT2D eigenvalue weighted by Crippen LogP contribution is -2.68. The standard InChI is InChI=1S/C41H49N7O11S2/c1-38(2,3)57-33(51)40(7,8)59-46-27(26-21-60-35(43-26)45-36(53)58-39(4,5)6)30(49)44-28-31(50)47-22-41(61-32(28)47,48-20-25(19-42)55-37(48)54)34(52)56-29(23-15-11-9-12-16-23)24-17-13-10-14-18-24/h9-18,21,25,28-29,32H,19-20,22,42H2,1-8H3,(H,44,49)(H,43,45,53)/b46-27-/t25?,28-,32-,41-/m1/s1. The van der Waals surface area contributed by atoms with Crippen LogP contribution < -0.4 is 16.4 Å². The molecule has 18 nitrogen and oxygen atoms in total. The molecule has 3 aromatic rings. The van der Waals surface area contributed by atoms with Crippen LogP contribution in [0.15, 0.2) is 71.2 Å². The Balaban J connectivity index is 1.29. The molecule has 61 heavy (non-hydrogen) atoms. The Morgan fingerprint density at radius 1 is 0.951 bits per heavy atom. The number of benzene rings is 2.